The van der Waals surface area contributed by atoms with Crippen molar-refractivity contribution in [1.82, 2.24) is 5.32 Å². The summed E-state index contributed by atoms with van der Waals surface area (Å²) in [7, 11) is 0. The maximum atomic E-state index is 13.2. The number of aliphatic hydroxyl groups is 1. The molecule has 3 aromatic rings. The van der Waals surface area contributed by atoms with Crippen molar-refractivity contribution in [1.29, 1.82) is 5.26 Å². The lowest BCUT2D eigenvalue weighted by Gasteiger charge is -2.63. The van der Waals surface area contributed by atoms with Crippen LogP contribution in [0.25, 0.3) is 10.8 Å². The van der Waals surface area contributed by atoms with Gasteiger partial charge in [-0.1, -0.05) is 47.5 Å². The maximum absolute atomic E-state index is 13.2. The van der Waals surface area contributed by atoms with Gasteiger partial charge in [0.15, 0.2) is 12.4 Å². The van der Waals surface area contributed by atoms with Crippen LogP contribution in [0.3, 0.4) is 0 Å². The highest BCUT2D eigenvalue weighted by molar-refractivity contribution is 7.84. The summed E-state index contributed by atoms with van der Waals surface area (Å²) in [6.07, 6.45) is 10.9. The van der Waals surface area contributed by atoms with Gasteiger partial charge in [-0.05, 0) is 85.4 Å². The first-order valence-corrected chi connectivity index (χ1v) is 14.7. The molecule has 38 heavy (non-hydrogen) atoms. The minimum atomic E-state index is -1.32. The number of thiol groups is 1. The van der Waals surface area contributed by atoms with E-state index in [1.807, 2.05) is 30.5 Å². The van der Waals surface area contributed by atoms with Crippen LogP contribution in [0.2, 0.25) is 10.0 Å². The topological polar surface area (TPSA) is 59.9 Å². The van der Waals surface area contributed by atoms with E-state index in [2.05, 4.69) is 40.3 Å². The second-order valence-corrected chi connectivity index (χ2v) is 13.3. The van der Waals surface area contributed by atoms with Gasteiger partial charge in [-0.15, -0.1) is 12.6 Å². The van der Waals surface area contributed by atoms with E-state index in [-0.39, 0.29) is 5.41 Å². The molecule has 194 valence electrons. The van der Waals surface area contributed by atoms with Crippen molar-refractivity contribution in [3.8, 4) is 6.07 Å². The maximum Gasteiger partial charge on any atom is 0.217 e. The Morgan fingerprint density at radius 2 is 1.61 bits per heavy atom. The molecule has 4 bridgehead atoms. The fourth-order valence-electron chi connectivity index (χ4n) is 8.78. The fourth-order valence-corrected chi connectivity index (χ4v) is 9.45. The molecule has 1 aromatic heterocycles. The summed E-state index contributed by atoms with van der Waals surface area (Å²) in [5.41, 5.74) is -0.289. The SMILES string of the molecule is N#CC1=C(S)N[C@](O)(C23CC4CC(CC(C4)C2)C3)[C@H]([n+]2ccc3ccccc3c2)[C@H]1c1ccc(Cl)c(Cl)c1. The van der Waals surface area contributed by atoms with Crippen LogP contribution in [0.1, 0.15) is 56.0 Å². The van der Waals surface area contributed by atoms with Crippen LogP contribution in [-0.4, -0.2) is 10.8 Å². The molecule has 0 radical (unpaired) electrons. The van der Waals surface area contributed by atoms with Crippen molar-refractivity contribution in [2.24, 2.45) is 23.2 Å². The number of nitrogens with one attached hydrogen (secondary N) is 1. The monoisotopic (exact) mass is 562 g/mol. The van der Waals surface area contributed by atoms with E-state index in [0.29, 0.717) is 38.4 Å². The molecule has 0 saturated heterocycles. The lowest BCUT2D eigenvalue weighted by atomic mass is 9.45. The summed E-state index contributed by atoms with van der Waals surface area (Å²) in [5.74, 6) is 1.46. The van der Waals surface area contributed by atoms with Crippen molar-refractivity contribution in [2.45, 2.75) is 56.2 Å². The molecule has 4 saturated carbocycles. The largest absolute Gasteiger partial charge is 0.365 e. The van der Waals surface area contributed by atoms with Gasteiger partial charge in [0.2, 0.25) is 11.8 Å². The van der Waals surface area contributed by atoms with Crippen molar-refractivity contribution in [3.05, 3.63) is 87.1 Å². The zero-order valence-electron chi connectivity index (χ0n) is 20.9. The van der Waals surface area contributed by atoms with Crippen LogP contribution in [0.4, 0.5) is 0 Å². The highest BCUT2D eigenvalue weighted by Gasteiger charge is 2.68. The van der Waals surface area contributed by atoms with Crippen LogP contribution in [-0.2, 0) is 0 Å². The van der Waals surface area contributed by atoms with Crippen LogP contribution >= 0.6 is 35.8 Å². The molecule has 7 heteroatoms. The molecule has 1 aliphatic heterocycles. The minimum Gasteiger partial charge on any atom is -0.365 e. The quantitative estimate of drug-likeness (QED) is 0.239. The molecule has 8 rings (SSSR count). The lowest BCUT2D eigenvalue weighted by molar-refractivity contribution is -0.744. The van der Waals surface area contributed by atoms with E-state index in [0.717, 1.165) is 35.6 Å². The molecule has 0 spiro atoms. The number of benzene rings is 2. The first kappa shape index (κ1) is 24.8. The van der Waals surface area contributed by atoms with Crippen LogP contribution in [0.5, 0.6) is 0 Å². The Kier molecular flexibility index (Phi) is 5.80. The Bertz CT molecular complexity index is 1500. The molecule has 2 heterocycles. The smallest absolute Gasteiger partial charge is 0.217 e. The number of nitrogens with zero attached hydrogens (tertiary/aromatic N) is 2. The number of hydrogen-bond acceptors (Lipinski definition) is 4. The Balaban J connectivity index is 1.48. The Morgan fingerprint density at radius 1 is 0.947 bits per heavy atom. The zero-order chi connectivity index (χ0) is 26.2. The molecule has 0 unspecified atom stereocenters. The van der Waals surface area contributed by atoms with E-state index < -0.39 is 17.7 Å². The standard InChI is InChI=1S/C31H29Cl2N3OS/c32-25-6-5-22(12-26(25)33)27-24(16-34)29(38)35-31(37,30-13-18-9-19(14-30)11-20(10-18)15-30)28(27)36-8-7-21-3-1-2-4-23(21)17-36/h1-8,12,17-20,27-28,35,37H,9-11,13-15H2/p+1/t18?,19?,20?,27-,28+,30?,31+/m0/s1. The number of rotatable bonds is 3. The third-order valence-corrected chi connectivity index (χ3v) is 11.0. The van der Waals surface area contributed by atoms with Gasteiger partial charge in [-0.2, -0.15) is 9.83 Å². The number of nitriles is 1. The molecule has 4 aliphatic carbocycles. The van der Waals surface area contributed by atoms with E-state index in [1.54, 1.807) is 6.07 Å². The van der Waals surface area contributed by atoms with Gasteiger partial charge in [0.05, 0.1) is 32.6 Å². The Morgan fingerprint density at radius 3 is 2.24 bits per heavy atom. The molecular formula is C31H30Cl2N3OS+. The Labute approximate surface area is 238 Å². The van der Waals surface area contributed by atoms with Gasteiger partial charge in [-0.25, -0.2) is 0 Å². The predicted octanol–water partition coefficient (Wildman–Crippen LogP) is 6.93. The lowest BCUT2D eigenvalue weighted by Crippen LogP contribution is -2.73. The highest BCUT2D eigenvalue weighted by Crippen LogP contribution is 2.66. The van der Waals surface area contributed by atoms with E-state index in [4.69, 9.17) is 35.8 Å². The van der Waals surface area contributed by atoms with Crippen molar-refractivity contribution in [3.63, 3.8) is 0 Å². The first-order chi connectivity index (χ1) is 18.3. The number of pyridine rings is 1. The second-order valence-electron chi connectivity index (χ2n) is 12.1. The highest BCUT2D eigenvalue weighted by atomic mass is 35.5. The number of fused-ring (bicyclic) bond motifs is 1. The van der Waals surface area contributed by atoms with Gasteiger partial charge in [-0.3, -0.25) is 0 Å². The summed E-state index contributed by atoms with van der Waals surface area (Å²) in [4.78, 5) is 0. The first-order valence-electron chi connectivity index (χ1n) is 13.5. The zero-order valence-corrected chi connectivity index (χ0v) is 23.4. The van der Waals surface area contributed by atoms with Gasteiger partial charge in [0.25, 0.3) is 0 Å². The normalized spacial score (nSPS) is 35.8. The molecule has 4 fully saturated rings. The third kappa shape index (κ3) is 3.64. The van der Waals surface area contributed by atoms with Gasteiger partial charge in [0.1, 0.15) is 0 Å². The van der Waals surface area contributed by atoms with E-state index in [1.165, 1.54) is 19.3 Å². The van der Waals surface area contributed by atoms with Crippen molar-refractivity contribution in [2.75, 3.05) is 0 Å². The minimum absolute atomic E-state index is 0.311. The van der Waals surface area contributed by atoms with E-state index >= 15 is 0 Å². The molecule has 5 aliphatic rings. The second kappa shape index (κ2) is 8.89. The molecule has 2 N–H and O–H groups in total. The van der Waals surface area contributed by atoms with Gasteiger partial charge < -0.3 is 10.4 Å². The van der Waals surface area contributed by atoms with Gasteiger partial charge in [0, 0.05) is 16.9 Å². The summed E-state index contributed by atoms with van der Waals surface area (Å²) in [6, 6.07) is 17.8. The molecule has 3 atom stereocenters. The van der Waals surface area contributed by atoms with Crippen LogP contribution in [0, 0.1) is 34.5 Å². The number of hydrogen-bond donors (Lipinski definition) is 3. The average Bonchev–Trinajstić information content (AvgIpc) is 2.89. The molecule has 4 nitrogen and oxygen atoms in total. The molecular weight excluding hydrogens is 533 g/mol. The number of allylic oxidation sites excluding steroid dienone is 1. The summed E-state index contributed by atoms with van der Waals surface area (Å²) < 4.78 is 2.12. The summed E-state index contributed by atoms with van der Waals surface area (Å²) >= 11 is 17.6. The molecule has 0 amide bonds. The van der Waals surface area contributed by atoms with E-state index in [9.17, 15) is 10.4 Å². The van der Waals surface area contributed by atoms with Gasteiger partial charge >= 0.3 is 0 Å². The number of halogens is 2. The van der Waals surface area contributed by atoms with Crippen LogP contribution < -0.4 is 9.88 Å². The van der Waals surface area contributed by atoms with Crippen molar-refractivity contribution < 1.29 is 9.67 Å². The fraction of sp³-hybridized carbons (Fsp3) is 0.419. The average molecular weight is 564 g/mol. The van der Waals surface area contributed by atoms with Crippen molar-refractivity contribution >= 4 is 46.6 Å². The molecule has 2 aromatic carbocycles. The summed E-state index contributed by atoms with van der Waals surface area (Å²) in [6.45, 7) is 0. The summed E-state index contributed by atoms with van der Waals surface area (Å²) in [5, 5.41) is 30.6. The number of aromatic nitrogens is 1. The predicted molar refractivity (Wildman–Crippen MR) is 153 cm³/mol. The van der Waals surface area contributed by atoms with Crippen LogP contribution in [0.15, 0.2) is 71.5 Å². The Hall–Kier alpha value is -2.23. The third-order valence-electron chi connectivity index (χ3n) is 9.92.